The molecular weight excluding hydrogens is 312 g/mol. The highest BCUT2D eigenvalue weighted by Gasteiger charge is 2.26. The third-order valence-corrected chi connectivity index (χ3v) is 5.08. The Labute approximate surface area is 149 Å². The zero-order valence-electron chi connectivity index (χ0n) is 15.0. The molecule has 2 aromatic carbocycles. The predicted molar refractivity (Wildman–Crippen MR) is 102 cm³/mol. The van der Waals surface area contributed by atoms with Gasteiger partial charge in [0, 0.05) is 18.4 Å². The van der Waals surface area contributed by atoms with Gasteiger partial charge in [-0.25, -0.2) is 0 Å². The summed E-state index contributed by atoms with van der Waals surface area (Å²) in [4.78, 5) is 12.1. The predicted octanol–water partition coefficient (Wildman–Crippen LogP) is 3.50. The van der Waals surface area contributed by atoms with Crippen LogP contribution in [0.25, 0.3) is 10.8 Å². The Morgan fingerprint density at radius 2 is 1.92 bits per heavy atom. The first-order valence-electron chi connectivity index (χ1n) is 9.24. The smallest absolute Gasteiger partial charge is 0.220 e. The van der Waals surface area contributed by atoms with Gasteiger partial charge < -0.3 is 15.4 Å². The molecule has 4 heteroatoms. The molecule has 1 amide bonds. The van der Waals surface area contributed by atoms with E-state index in [0.29, 0.717) is 13.0 Å². The summed E-state index contributed by atoms with van der Waals surface area (Å²) >= 11 is 0. The van der Waals surface area contributed by atoms with E-state index in [1.54, 1.807) is 0 Å². The van der Waals surface area contributed by atoms with Crippen molar-refractivity contribution in [3.63, 3.8) is 0 Å². The highest BCUT2D eigenvalue weighted by molar-refractivity contribution is 5.88. The van der Waals surface area contributed by atoms with Crippen LogP contribution in [-0.4, -0.2) is 32.1 Å². The molecule has 0 aromatic heterocycles. The molecule has 134 valence electrons. The quantitative estimate of drug-likeness (QED) is 0.759. The summed E-state index contributed by atoms with van der Waals surface area (Å²) < 4.78 is 5.90. The van der Waals surface area contributed by atoms with E-state index in [2.05, 4.69) is 35.8 Å². The van der Waals surface area contributed by atoms with E-state index in [1.165, 1.54) is 5.39 Å². The molecule has 0 unspecified atom stereocenters. The van der Waals surface area contributed by atoms with Crippen molar-refractivity contribution in [3.8, 4) is 5.75 Å². The van der Waals surface area contributed by atoms with Crippen molar-refractivity contribution < 1.29 is 9.53 Å². The number of carbonyl (C=O) groups excluding carboxylic acids is 1. The lowest BCUT2D eigenvalue weighted by molar-refractivity contribution is -0.121. The second kappa shape index (κ2) is 8.34. The van der Waals surface area contributed by atoms with Crippen LogP contribution in [0.15, 0.2) is 42.5 Å². The zero-order chi connectivity index (χ0) is 17.5. The van der Waals surface area contributed by atoms with Gasteiger partial charge >= 0.3 is 0 Å². The Balaban J connectivity index is 1.40. The molecular formula is C21H28N2O2. The maximum atomic E-state index is 12.1. The van der Waals surface area contributed by atoms with Crippen molar-refractivity contribution in [3.05, 3.63) is 42.5 Å². The fourth-order valence-electron chi connectivity index (χ4n) is 3.34. The standard InChI is InChI=1S/C21H28N2O2/c1-21(11-13-22-14-12-21)16-23-20(24)10-5-15-25-19-9-4-7-17-6-2-3-8-18(17)19/h2-4,6-9,22H,5,10-16H2,1H3,(H,23,24). The number of piperidine rings is 1. The van der Waals surface area contributed by atoms with Gasteiger partial charge in [0.15, 0.2) is 0 Å². The lowest BCUT2D eigenvalue weighted by Gasteiger charge is -2.34. The van der Waals surface area contributed by atoms with Crippen molar-refractivity contribution in [2.45, 2.75) is 32.6 Å². The summed E-state index contributed by atoms with van der Waals surface area (Å²) in [5, 5.41) is 8.76. The Bertz CT molecular complexity index is 703. The normalized spacial score (nSPS) is 16.5. The molecule has 0 saturated carbocycles. The summed E-state index contributed by atoms with van der Waals surface area (Å²) in [7, 11) is 0. The molecule has 0 radical (unpaired) electrons. The lowest BCUT2D eigenvalue weighted by Crippen LogP contribution is -2.42. The van der Waals surface area contributed by atoms with E-state index in [4.69, 9.17) is 4.74 Å². The average molecular weight is 340 g/mol. The van der Waals surface area contributed by atoms with Gasteiger partial charge in [0.2, 0.25) is 5.91 Å². The van der Waals surface area contributed by atoms with Crippen LogP contribution in [0.4, 0.5) is 0 Å². The van der Waals surface area contributed by atoms with E-state index < -0.39 is 0 Å². The number of ether oxygens (including phenoxy) is 1. The first-order chi connectivity index (χ1) is 12.2. The van der Waals surface area contributed by atoms with Crippen LogP contribution in [0.3, 0.4) is 0 Å². The second-order valence-electron chi connectivity index (χ2n) is 7.27. The summed E-state index contributed by atoms with van der Waals surface area (Å²) in [6.07, 6.45) is 3.49. The summed E-state index contributed by atoms with van der Waals surface area (Å²) in [5.41, 5.74) is 0.236. The molecule has 2 N–H and O–H groups in total. The molecule has 4 nitrogen and oxygen atoms in total. The first-order valence-corrected chi connectivity index (χ1v) is 9.24. The number of carbonyl (C=O) groups is 1. The molecule has 0 atom stereocenters. The Hall–Kier alpha value is -2.07. The number of rotatable bonds is 7. The minimum Gasteiger partial charge on any atom is -0.493 e. The number of nitrogens with one attached hydrogen (secondary N) is 2. The number of amides is 1. The van der Waals surface area contributed by atoms with Gasteiger partial charge in [-0.2, -0.15) is 0 Å². The topological polar surface area (TPSA) is 50.4 Å². The number of hydrogen-bond acceptors (Lipinski definition) is 3. The molecule has 25 heavy (non-hydrogen) atoms. The van der Waals surface area contributed by atoms with Gasteiger partial charge in [0.1, 0.15) is 5.75 Å². The molecule has 1 aliphatic rings. The van der Waals surface area contributed by atoms with Crippen molar-refractivity contribution in [2.24, 2.45) is 5.41 Å². The zero-order valence-corrected chi connectivity index (χ0v) is 15.0. The van der Waals surface area contributed by atoms with Crippen LogP contribution >= 0.6 is 0 Å². The highest BCUT2D eigenvalue weighted by Crippen LogP contribution is 2.27. The molecule has 0 spiro atoms. The van der Waals surface area contributed by atoms with Gasteiger partial charge in [-0.1, -0.05) is 43.3 Å². The fraction of sp³-hybridized carbons (Fsp3) is 0.476. The molecule has 0 bridgehead atoms. The van der Waals surface area contributed by atoms with Crippen LogP contribution in [0, 0.1) is 5.41 Å². The first kappa shape index (κ1) is 17.7. The number of fused-ring (bicyclic) bond motifs is 1. The molecule has 2 aromatic rings. The minimum atomic E-state index is 0.126. The Morgan fingerprint density at radius 3 is 2.76 bits per heavy atom. The fourth-order valence-corrected chi connectivity index (χ4v) is 3.34. The number of benzene rings is 2. The lowest BCUT2D eigenvalue weighted by atomic mass is 9.81. The highest BCUT2D eigenvalue weighted by atomic mass is 16.5. The van der Waals surface area contributed by atoms with Crippen LogP contribution in [0.1, 0.15) is 32.6 Å². The van der Waals surface area contributed by atoms with Gasteiger partial charge in [-0.05, 0) is 49.2 Å². The molecule has 1 saturated heterocycles. The SMILES string of the molecule is CC1(CNC(=O)CCCOc2cccc3ccccc23)CCNCC1. The third-order valence-electron chi connectivity index (χ3n) is 5.08. The number of hydrogen-bond donors (Lipinski definition) is 2. The van der Waals surface area contributed by atoms with Gasteiger partial charge in [0.05, 0.1) is 6.61 Å². The third kappa shape index (κ3) is 4.95. The average Bonchev–Trinajstić information content (AvgIpc) is 2.64. The summed E-state index contributed by atoms with van der Waals surface area (Å²) in [5.74, 6) is 1.02. The summed E-state index contributed by atoms with van der Waals surface area (Å²) in [6, 6.07) is 14.3. The summed E-state index contributed by atoms with van der Waals surface area (Å²) in [6.45, 7) is 5.69. The van der Waals surface area contributed by atoms with Crippen LogP contribution < -0.4 is 15.4 Å². The van der Waals surface area contributed by atoms with Crippen molar-refractivity contribution in [2.75, 3.05) is 26.2 Å². The van der Waals surface area contributed by atoms with Gasteiger partial charge in [-0.15, -0.1) is 0 Å². The van der Waals surface area contributed by atoms with E-state index in [9.17, 15) is 4.79 Å². The maximum absolute atomic E-state index is 12.1. The maximum Gasteiger partial charge on any atom is 0.220 e. The van der Waals surface area contributed by atoms with E-state index in [-0.39, 0.29) is 11.3 Å². The van der Waals surface area contributed by atoms with Gasteiger partial charge in [-0.3, -0.25) is 4.79 Å². The molecule has 1 heterocycles. The van der Waals surface area contributed by atoms with E-state index in [1.807, 2.05) is 24.3 Å². The minimum absolute atomic E-state index is 0.126. The van der Waals surface area contributed by atoms with Crippen LogP contribution in [0.5, 0.6) is 5.75 Å². The Kier molecular flexibility index (Phi) is 5.92. The van der Waals surface area contributed by atoms with Crippen LogP contribution in [-0.2, 0) is 4.79 Å². The largest absolute Gasteiger partial charge is 0.493 e. The Morgan fingerprint density at radius 1 is 1.16 bits per heavy atom. The van der Waals surface area contributed by atoms with E-state index >= 15 is 0 Å². The van der Waals surface area contributed by atoms with Crippen molar-refractivity contribution >= 4 is 16.7 Å². The molecule has 0 aliphatic carbocycles. The van der Waals surface area contributed by atoms with Gasteiger partial charge in [0.25, 0.3) is 0 Å². The van der Waals surface area contributed by atoms with Crippen LogP contribution in [0.2, 0.25) is 0 Å². The molecule has 1 fully saturated rings. The molecule has 1 aliphatic heterocycles. The second-order valence-corrected chi connectivity index (χ2v) is 7.27. The monoisotopic (exact) mass is 340 g/mol. The van der Waals surface area contributed by atoms with Crippen molar-refractivity contribution in [1.29, 1.82) is 0 Å². The van der Waals surface area contributed by atoms with Crippen molar-refractivity contribution in [1.82, 2.24) is 10.6 Å². The molecule has 3 rings (SSSR count). The van der Waals surface area contributed by atoms with E-state index in [0.717, 1.165) is 50.0 Å².